The van der Waals surface area contributed by atoms with Crippen molar-refractivity contribution in [2.45, 2.75) is 0 Å². The molecule has 90 valence electrons. The Balaban J connectivity index is 2.01. The molecule has 2 rings (SSSR count). The van der Waals surface area contributed by atoms with Crippen LogP contribution in [0.3, 0.4) is 0 Å². The van der Waals surface area contributed by atoms with Gasteiger partial charge in [0.2, 0.25) is 0 Å². The summed E-state index contributed by atoms with van der Waals surface area (Å²) in [7, 11) is 0. The summed E-state index contributed by atoms with van der Waals surface area (Å²) in [6, 6.07) is 9.85. The van der Waals surface area contributed by atoms with Gasteiger partial charge in [0.15, 0.2) is 0 Å². The summed E-state index contributed by atoms with van der Waals surface area (Å²) < 4.78 is 0. The summed E-state index contributed by atoms with van der Waals surface area (Å²) in [6.07, 6.45) is 4.75. The van der Waals surface area contributed by atoms with Crippen LogP contribution in [0, 0.1) is 0 Å². The Labute approximate surface area is 104 Å². The minimum absolute atomic E-state index is 0.0772. The topological polar surface area (TPSA) is 74.6 Å². The number of hydrogen-bond acceptors (Lipinski definition) is 4. The van der Waals surface area contributed by atoms with E-state index in [0.717, 1.165) is 5.56 Å². The summed E-state index contributed by atoms with van der Waals surface area (Å²) in [5.41, 5.74) is 3.29. The average Bonchev–Trinajstić information content (AvgIpc) is 2.40. The lowest BCUT2D eigenvalue weighted by Crippen LogP contribution is -2.17. The van der Waals surface area contributed by atoms with Crippen LogP contribution in [0.4, 0.5) is 0 Å². The van der Waals surface area contributed by atoms with Crippen LogP contribution in [-0.4, -0.2) is 22.2 Å². The van der Waals surface area contributed by atoms with Gasteiger partial charge in [0.25, 0.3) is 5.91 Å². The van der Waals surface area contributed by atoms with E-state index in [1.54, 1.807) is 30.6 Å². The first-order chi connectivity index (χ1) is 8.77. The minimum atomic E-state index is -0.465. The molecule has 18 heavy (non-hydrogen) atoms. The molecule has 0 aliphatic rings. The van der Waals surface area contributed by atoms with E-state index in [9.17, 15) is 9.90 Å². The maximum atomic E-state index is 11.7. The molecular formula is C13H11N3O2. The highest BCUT2D eigenvalue weighted by molar-refractivity contribution is 5.97. The summed E-state index contributed by atoms with van der Waals surface area (Å²) in [6.45, 7) is 0. The van der Waals surface area contributed by atoms with Gasteiger partial charge < -0.3 is 5.11 Å². The van der Waals surface area contributed by atoms with Gasteiger partial charge in [-0.25, -0.2) is 5.43 Å². The quantitative estimate of drug-likeness (QED) is 0.632. The lowest BCUT2D eigenvalue weighted by molar-refractivity contribution is 0.0952. The lowest BCUT2D eigenvalue weighted by Gasteiger charge is -2.01. The number of pyridine rings is 1. The van der Waals surface area contributed by atoms with Crippen molar-refractivity contribution in [3.8, 4) is 5.75 Å². The van der Waals surface area contributed by atoms with Gasteiger partial charge in [-0.1, -0.05) is 18.2 Å². The van der Waals surface area contributed by atoms with Crippen LogP contribution in [-0.2, 0) is 0 Å². The fourth-order valence-electron chi connectivity index (χ4n) is 1.34. The Kier molecular flexibility index (Phi) is 3.66. The predicted molar refractivity (Wildman–Crippen MR) is 67.4 cm³/mol. The van der Waals surface area contributed by atoms with Gasteiger partial charge in [0.05, 0.1) is 11.8 Å². The van der Waals surface area contributed by atoms with E-state index in [0.29, 0.717) is 0 Å². The molecule has 0 unspecified atom stereocenters. The van der Waals surface area contributed by atoms with Crippen molar-refractivity contribution in [1.82, 2.24) is 10.4 Å². The average molecular weight is 241 g/mol. The number of amides is 1. The maximum absolute atomic E-state index is 11.7. The number of rotatable bonds is 3. The van der Waals surface area contributed by atoms with Gasteiger partial charge in [-0.3, -0.25) is 9.78 Å². The highest BCUT2D eigenvalue weighted by atomic mass is 16.3. The van der Waals surface area contributed by atoms with Crippen LogP contribution < -0.4 is 5.43 Å². The number of benzene rings is 1. The molecule has 2 aromatic rings. The highest BCUT2D eigenvalue weighted by Gasteiger charge is 2.08. The van der Waals surface area contributed by atoms with Crippen molar-refractivity contribution in [3.05, 3.63) is 59.9 Å². The van der Waals surface area contributed by atoms with Crippen LogP contribution in [0.15, 0.2) is 53.9 Å². The number of aromatic hydroxyl groups is 1. The number of phenols is 1. The van der Waals surface area contributed by atoms with Crippen molar-refractivity contribution in [1.29, 1.82) is 0 Å². The maximum Gasteiger partial charge on any atom is 0.275 e. The number of para-hydroxylation sites is 1. The standard InChI is InChI=1S/C13H11N3O2/c17-12-6-2-1-5-11(12)13(18)16-15-9-10-4-3-7-14-8-10/h1-9,17H,(H,16,18)/b15-9-. The molecule has 0 aliphatic carbocycles. The van der Waals surface area contributed by atoms with Gasteiger partial charge in [-0.05, 0) is 18.2 Å². The largest absolute Gasteiger partial charge is 0.507 e. The molecule has 1 aromatic carbocycles. The number of carbonyl (C=O) groups excluding carboxylic acids is 1. The molecule has 0 fully saturated rings. The number of hydrogen-bond donors (Lipinski definition) is 2. The van der Waals surface area contributed by atoms with Gasteiger partial charge in [0.1, 0.15) is 5.75 Å². The third-order valence-electron chi connectivity index (χ3n) is 2.21. The third-order valence-corrected chi connectivity index (χ3v) is 2.21. The number of aromatic nitrogens is 1. The second-order valence-electron chi connectivity index (χ2n) is 3.50. The SMILES string of the molecule is O=C(N/N=C\c1cccnc1)c1ccccc1O. The summed E-state index contributed by atoms with van der Waals surface area (Å²) in [4.78, 5) is 15.6. The van der Waals surface area contributed by atoms with Gasteiger partial charge in [0, 0.05) is 18.0 Å². The first-order valence-electron chi connectivity index (χ1n) is 5.29. The Bertz CT molecular complexity index is 567. The number of hydrazone groups is 1. The summed E-state index contributed by atoms with van der Waals surface area (Å²) >= 11 is 0. The number of phenolic OH excluding ortho intramolecular Hbond substituents is 1. The second-order valence-corrected chi connectivity index (χ2v) is 3.50. The normalized spacial score (nSPS) is 10.4. The molecule has 0 spiro atoms. The molecule has 0 bridgehead atoms. The van der Waals surface area contributed by atoms with Crippen molar-refractivity contribution >= 4 is 12.1 Å². The van der Waals surface area contributed by atoms with E-state index in [1.807, 2.05) is 6.07 Å². The van der Waals surface area contributed by atoms with Gasteiger partial charge in [-0.15, -0.1) is 0 Å². The first-order valence-corrected chi connectivity index (χ1v) is 5.29. The van der Waals surface area contributed by atoms with Crippen LogP contribution >= 0.6 is 0 Å². The summed E-state index contributed by atoms with van der Waals surface area (Å²) in [5, 5.41) is 13.3. The predicted octanol–water partition coefficient (Wildman–Crippen LogP) is 1.55. The molecule has 5 nitrogen and oxygen atoms in total. The Morgan fingerprint density at radius 1 is 1.28 bits per heavy atom. The minimum Gasteiger partial charge on any atom is -0.507 e. The molecule has 0 radical (unpaired) electrons. The first kappa shape index (κ1) is 11.8. The molecule has 0 atom stereocenters. The van der Waals surface area contributed by atoms with Crippen LogP contribution in [0.5, 0.6) is 5.75 Å². The van der Waals surface area contributed by atoms with Crippen LogP contribution in [0.25, 0.3) is 0 Å². The van der Waals surface area contributed by atoms with Crippen LogP contribution in [0.1, 0.15) is 15.9 Å². The molecule has 2 N–H and O–H groups in total. The number of nitrogens with zero attached hydrogens (tertiary/aromatic N) is 2. The molecule has 1 aromatic heterocycles. The summed E-state index contributed by atoms with van der Waals surface area (Å²) in [5.74, 6) is -0.542. The van der Waals surface area contributed by atoms with E-state index in [2.05, 4.69) is 15.5 Å². The van der Waals surface area contributed by atoms with Crippen molar-refractivity contribution in [3.63, 3.8) is 0 Å². The zero-order valence-electron chi connectivity index (χ0n) is 9.45. The van der Waals surface area contributed by atoms with Gasteiger partial charge in [-0.2, -0.15) is 5.10 Å². The molecule has 1 amide bonds. The zero-order valence-corrected chi connectivity index (χ0v) is 9.45. The molecule has 5 heteroatoms. The lowest BCUT2D eigenvalue weighted by atomic mass is 10.2. The molecular weight excluding hydrogens is 230 g/mol. The zero-order chi connectivity index (χ0) is 12.8. The van der Waals surface area contributed by atoms with Crippen molar-refractivity contribution in [2.24, 2.45) is 5.10 Å². The van der Waals surface area contributed by atoms with E-state index >= 15 is 0 Å². The van der Waals surface area contributed by atoms with E-state index in [4.69, 9.17) is 0 Å². The Morgan fingerprint density at radius 2 is 2.11 bits per heavy atom. The van der Waals surface area contributed by atoms with Gasteiger partial charge >= 0.3 is 0 Å². The fourth-order valence-corrected chi connectivity index (χ4v) is 1.34. The molecule has 1 heterocycles. The van der Waals surface area contributed by atoms with Crippen molar-refractivity contribution < 1.29 is 9.90 Å². The Hall–Kier alpha value is -2.69. The highest BCUT2D eigenvalue weighted by Crippen LogP contribution is 2.14. The smallest absolute Gasteiger partial charge is 0.275 e. The number of carbonyl (C=O) groups is 1. The second kappa shape index (κ2) is 5.58. The molecule has 0 saturated carbocycles. The fraction of sp³-hybridized carbons (Fsp3) is 0. The third kappa shape index (κ3) is 2.91. The monoisotopic (exact) mass is 241 g/mol. The van der Waals surface area contributed by atoms with Crippen LogP contribution in [0.2, 0.25) is 0 Å². The van der Waals surface area contributed by atoms with E-state index in [1.165, 1.54) is 18.3 Å². The van der Waals surface area contributed by atoms with E-state index in [-0.39, 0.29) is 11.3 Å². The van der Waals surface area contributed by atoms with E-state index < -0.39 is 5.91 Å². The molecule has 0 aliphatic heterocycles. The van der Waals surface area contributed by atoms with Crippen molar-refractivity contribution in [2.75, 3.05) is 0 Å². The molecule has 0 saturated heterocycles. The number of nitrogens with one attached hydrogen (secondary N) is 1. The Morgan fingerprint density at radius 3 is 2.83 bits per heavy atom.